The molecule has 5 heteroatoms. The van der Waals surface area contributed by atoms with Crippen molar-refractivity contribution in [3.63, 3.8) is 0 Å². The van der Waals surface area contributed by atoms with Crippen molar-refractivity contribution in [3.8, 4) is 5.75 Å². The summed E-state index contributed by atoms with van der Waals surface area (Å²) >= 11 is 0. The molecule has 0 atom stereocenters. The maximum Gasteiger partial charge on any atom is 0.306 e. The van der Waals surface area contributed by atoms with Gasteiger partial charge in [-0.2, -0.15) is 0 Å². The van der Waals surface area contributed by atoms with Crippen LogP contribution in [0.5, 0.6) is 5.75 Å². The summed E-state index contributed by atoms with van der Waals surface area (Å²) in [5.74, 6) is 0.991. The van der Waals surface area contributed by atoms with Crippen LogP contribution in [0.3, 0.4) is 0 Å². The number of aryl methyl sites for hydroxylation is 1. The minimum absolute atomic E-state index is 0.449. The van der Waals surface area contributed by atoms with Gasteiger partial charge in [0.15, 0.2) is 22.7 Å². The number of benzene rings is 3. The van der Waals surface area contributed by atoms with Gasteiger partial charge in [0.1, 0.15) is 0 Å². The molecular weight excluding hydrogens is 333 g/mol. The fourth-order valence-corrected chi connectivity index (χ4v) is 4.81. The molecule has 0 aliphatic heterocycles. The molecule has 4 aromatic rings. The normalized spacial score (nSPS) is 11.6. The van der Waals surface area contributed by atoms with Crippen LogP contribution in [0, 0.1) is 6.92 Å². The van der Waals surface area contributed by atoms with Crippen LogP contribution in [-0.2, 0) is 4.57 Å². The highest BCUT2D eigenvalue weighted by Crippen LogP contribution is 2.46. The predicted molar refractivity (Wildman–Crippen MR) is 99.1 cm³/mol. The van der Waals surface area contributed by atoms with E-state index in [0.717, 1.165) is 0 Å². The van der Waals surface area contributed by atoms with E-state index in [0.29, 0.717) is 33.3 Å². The summed E-state index contributed by atoms with van der Waals surface area (Å²) in [5, 5.41) is 1.27. The molecular formula is C20H16NO3P. The Labute approximate surface area is 145 Å². The fraction of sp³-hybridized carbons (Fsp3) is 0.0500. The quantitative estimate of drug-likeness (QED) is 0.511. The number of para-hydroxylation sites is 1. The zero-order valence-corrected chi connectivity index (χ0v) is 14.5. The highest BCUT2D eigenvalue weighted by atomic mass is 31.2. The molecule has 0 aliphatic carbocycles. The minimum Gasteiger partial charge on any atom is -0.441 e. The molecule has 0 unspecified atom stereocenters. The lowest BCUT2D eigenvalue weighted by Gasteiger charge is -2.20. The lowest BCUT2D eigenvalue weighted by atomic mass is 10.3. The van der Waals surface area contributed by atoms with Gasteiger partial charge in [0.25, 0.3) is 0 Å². The average Bonchev–Trinajstić information content (AvgIpc) is 3.04. The summed E-state index contributed by atoms with van der Waals surface area (Å²) in [7, 11) is -3.32. The third kappa shape index (κ3) is 2.86. The molecule has 0 fully saturated rings. The van der Waals surface area contributed by atoms with Gasteiger partial charge in [0.05, 0.1) is 10.6 Å². The molecule has 0 saturated carbocycles. The Kier molecular flexibility index (Phi) is 3.90. The fourth-order valence-electron chi connectivity index (χ4n) is 2.75. The van der Waals surface area contributed by atoms with Crippen molar-refractivity contribution in [3.05, 3.63) is 84.8 Å². The first-order valence-electron chi connectivity index (χ1n) is 7.94. The van der Waals surface area contributed by atoms with Crippen LogP contribution < -0.4 is 15.1 Å². The van der Waals surface area contributed by atoms with Crippen molar-refractivity contribution >= 4 is 29.1 Å². The third-order valence-electron chi connectivity index (χ3n) is 3.91. The molecule has 124 valence electrons. The lowest BCUT2D eigenvalue weighted by Crippen LogP contribution is -2.20. The second-order valence-electron chi connectivity index (χ2n) is 5.65. The van der Waals surface area contributed by atoms with Crippen LogP contribution in [0.25, 0.3) is 11.1 Å². The van der Waals surface area contributed by atoms with Crippen molar-refractivity contribution in [2.24, 2.45) is 0 Å². The molecule has 25 heavy (non-hydrogen) atoms. The molecule has 0 aliphatic rings. The number of nitrogens with zero attached hydrogens (tertiary/aromatic N) is 1. The van der Waals surface area contributed by atoms with Crippen LogP contribution in [0.1, 0.15) is 5.89 Å². The molecule has 1 aromatic heterocycles. The Morgan fingerprint density at radius 3 is 2.04 bits per heavy atom. The Balaban J connectivity index is 1.89. The molecule has 0 bridgehead atoms. The Morgan fingerprint density at radius 2 is 1.44 bits per heavy atom. The second kappa shape index (κ2) is 6.23. The van der Waals surface area contributed by atoms with Crippen molar-refractivity contribution < 1.29 is 13.5 Å². The largest absolute Gasteiger partial charge is 0.441 e. The van der Waals surface area contributed by atoms with Gasteiger partial charge in [-0.25, -0.2) is 4.98 Å². The van der Waals surface area contributed by atoms with Gasteiger partial charge in [0.2, 0.25) is 0 Å². The summed E-state index contributed by atoms with van der Waals surface area (Å²) in [5.41, 5.74) is 1.19. The number of rotatable bonds is 4. The zero-order valence-electron chi connectivity index (χ0n) is 13.6. The van der Waals surface area contributed by atoms with Gasteiger partial charge in [-0.1, -0.05) is 42.5 Å². The summed E-state index contributed by atoms with van der Waals surface area (Å²) < 4.78 is 25.6. The Hall–Kier alpha value is -2.84. The number of hydrogen-bond donors (Lipinski definition) is 0. The second-order valence-corrected chi connectivity index (χ2v) is 7.97. The van der Waals surface area contributed by atoms with Crippen molar-refractivity contribution in [1.29, 1.82) is 0 Å². The van der Waals surface area contributed by atoms with E-state index in [2.05, 4.69) is 4.98 Å². The van der Waals surface area contributed by atoms with Crippen LogP contribution >= 0.6 is 7.37 Å². The van der Waals surface area contributed by atoms with E-state index >= 15 is 0 Å². The summed E-state index contributed by atoms with van der Waals surface area (Å²) in [6, 6.07) is 23.9. The van der Waals surface area contributed by atoms with E-state index in [1.165, 1.54) is 0 Å². The Morgan fingerprint density at radius 1 is 0.840 bits per heavy atom. The Bertz CT molecular complexity index is 1010. The monoisotopic (exact) mass is 349 g/mol. The molecule has 0 radical (unpaired) electrons. The summed E-state index contributed by atoms with van der Waals surface area (Å²) in [6.45, 7) is 1.78. The smallest absolute Gasteiger partial charge is 0.306 e. The lowest BCUT2D eigenvalue weighted by molar-refractivity contribution is 0.505. The first kappa shape index (κ1) is 15.7. The molecule has 4 nitrogen and oxygen atoms in total. The molecule has 3 aromatic carbocycles. The van der Waals surface area contributed by atoms with E-state index in [4.69, 9.17) is 8.94 Å². The van der Waals surface area contributed by atoms with Gasteiger partial charge >= 0.3 is 7.37 Å². The number of aromatic nitrogens is 1. The van der Waals surface area contributed by atoms with Crippen molar-refractivity contribution in [2.75, 3.05) is 0 Å². The van der Waals surface area contributed by atoms with E-state index in [-0.39, 0.29) is 0 Å². The van der Waals surface area contributed by atoms with Gasteiger partial charge in [-0.15, -0.1) is 0 Å². The average molecular weight is 349 g/mol. The van der Waals surface area contributed by atoms with Crippen molar-refractivity contribution in [2.45, 2.75) is 6.92 Å². The summed E-state index contributed by atoms with van der Waals surface area (Å²) in [4.78, 5) is 4.37. The van der Waals surface area contributed by atoms with Crippen LogP contribution in [0.2, 0.25) is 0 Å². The van der Waals surface area contributed by atoms with Gasteiger partial charge in [-0.3, -0.25) is 4.57 Å². The molecule has 1 heterocycles. The maximum atomic E-state index is 14.0. The van der Waals surface area contributed by atoms with E-state index in [1.54, 1.807) is 13.0 Å². The molecule has 0 amide bonds. The van der Waals surface area contributed by atoms with Gasteiger partial charge in [0, 0.05) is 6.92 Å². The first-order valence-corrected chi connectivity index (χ1v) is 9.56. The van der Waals surface area contributed by atoms with Crippen molar-refractivity contribution in [1.82, 2.24) is 4.98 Å². The molecule has 0 spiro atoms. The molecule has 0 N–H and O–H groups in total. The molecule has 0 saturated heterocycles. The van der Waals surface area contributed by atoms with E-state index in [9.17, 15) is 4.57 Å². The van der Waals surface area contributed by atoms with Gasteiger partial charge < -0.3 is 8.94 Å². The highest BCUT2D eigenvalue weighted by Gasteiger charge is 2.31. The first-order chi connectivity index (χ1) is 12.2. The number of hydrogen-bond acceptors (Lipinski definition) is 4. The van der Waals surface area contributed by atoms with Gasteiger partial charge in [-0.05, 0) is 36.4 Å². The van der Waals surface area contributed by atoms with Crippen LogP contribution in [0.15, 0.2) is 83.3 Å². The standard InChI is InChI=1S/C20H16NO3P/c1-15-21-20-18(23-15)13-8-14-19(20)24-25(22,16-9-4-2-5-10-16)17-11-6-3-7-12-17/h2-14H,1H3. The number of fused-ring (bicyclic) bond motifs is 1. The number of oxazole rings is 1. The SMILES string of the molecule is Cc1nc2c(OP(=O)(c3ccccc3)c3ccccc3)cccc2o1. The van der Waals surface area contributed by atoms with Crippen LogP contribution in [0.4, 0.5) is 0 Å². The third-order valence-corrected chi connectivity index (χ3v) is 6.32. The van der Waals surface area contributed by atoms with Crippen LogP contribution in [-0.4, -0.2) is 4.98 Å². The topological polar surface area (TPSA) is 52.3 Å². The zero-order chi connectivity index (χ0) is 17.3. The maximum absolute atomic E-state index is 14.0. The van der Waals surface area contributed by atoms with E-state index in [1.807, 2.05) is 72.8 Å². The predicted octanol–water partition coefficient (Wildman–Crippen LogP) is 4.44. The highest BCUT2D eigenvalue weighted by molar-refractivity contribution is 7.74. The van der Waals surface area contributed by atoms with E-state index < -0.39 is 7.37 Å². The minimum atomic E-state index is -3.32. The summed E-state index contributed by atoms with van der Waals surface area (Å²) in [6.07, 6.45) is 0. The molecule has 4 rings (SSSR count).